The molecule has 1 heterocycles. The molecule has 1 aliphatic heterocycles. The van der Waals surface area contributed by atoms with Crippen LogP contribution in [0.3, 0.4) is 0 Å². The maximum Gasteiger partial charge on any atom is 0.317 e. The summed E-state index contributed by atoms with van der Waals surface area (Å²) in [6, 6.07) is -0.00375. The molecule has 1 unspecified atom stereocenters. The summed E-state index contributed by atoms with van der Waals surface area (Å²) in [5, 5.41) is 11.6. The van der Waals surface area contributed by atoms with E-state index >= 15 is 0 Å². The smallest absolute Gasteiger partial charge is 0.317 e. The number of amides is 2. The van der Waals surface area contributed by atoms with Crippen molar-refractivity contribution < 1.29 is 14.7 Å². The lowest BCUT2D eigenvalue weighted by molar-refractivity contribution is -0.137. The van der Waals surface area contributed by atoms with E-state index in [4.69, 9.17) is 5.11 Å². The number of rotatable bonds is 7. The molecule has 0 aromatic heterocycles. The van der Waals surface area contributed by atoms with Crippen molar-refractivity contribution in [3.8, 4) is 0 Å². The molecule has 1 atom stereocenters. The first-order valence-electron chi connectivity index (χ1n) is 7.67. The number of carboxylic acids is 1. The molecule has 2 amide bonds. The Kier molecular flexibility index (Phi) is 6.30. The van der Waals surface area contributed by atoms with E-state index in [1.807, 2.05) is 11.8 Å². The molecule has 5 heteroatoms. The third kappa shape index (κ3) is 4.69. The van der Waals surface area contributed by atoms with Crippen LogP contribution in [-0.4, -0.2) is 41.6 Å². The van der Waals surface area contributed by atoms with E-state index in [-0.39, 0.29) is 18.4 Å². The van der Waals surface area contributed by atoms with Crippen molar-refractivity contribution in [1.82, 2.24) is 10.2 Å². The van der Waals surface area contributed by atoms with Gasteiger partial charge in [-0.25, -0.2) is 4.79 Å². The van der Waals surface area contributed by atoms with Crippen molar-refractivity contribution in [3.63, 3.8) is 0 Å². The SMILES string of the molecule is CCC1(CC)CCN(C(=O)NCC(C)CCC(=O)O)C1. The number of hydrogen-bond donors (Lipinski definition) is 2. The zero-order chi connectivity index (χ0) is 15.2. The van der Waals surface area contributed by atoms with Gasteiger partial charge in [-0.15, -0.1) is 0 Å². The Labute approximate surface area is 121 Å². The Morgan fingerprint density at radius 3 is 2.50 bits per heavy atom. The Morgan fingerprint density at radius 1 is 1.35 bits per heavy atom. The largest absolute Gasteiger partial charge is 0.481 e. The highest BCUT2D eigenvalue weighted by atomic mass is 16.4. The standard InChI is InChI=1S/C15H28N2O3/c1-4-15(5-2)8-9-17(11-15)14(20)16-10-12(3)6-7-13(18)19/h12H,4-11H2,1-3H3,(H,16,20)(H,18,19). The van der Waals surface area contributed by atoms with Crippen molar-refractivity contribution >= 4 is 12.0 Å². The first-order valence-corrected chi connectivity index (χ1v) is 7.67. The van der Waals surface area contributed by atoms with Crippen LogP contribution in [0.4, 0.5) is 4.79 Å². The Morgan fingerprint density at radius 2 is 2.00 bits per heavy atom. The van der Waals surface area contributed by atoms with Crippen LogP contribution >= 0.6 is 0 Å². The van der Waals surface area contributed by atoms with Gasteiger partial charge in [0.25, 0.3) is 0 Å². The van der Waals surface area contributed by atoms with E-state index in [2.05, 4.69) is 19.2 Å². The molecule has 0 saturated carbocycles. The maximum atomic E-state index is 12.1. The molecule has 2 N–H and O–H groups in total. The Bertz CT molecular complexity index is 340. The third-order valence-electron chi connectivity index (χ3n) is 4.68. The maximum absolute atomic E-state index is 12.1. The molecule has 0 bridgehead atoms. The fourth-order valence-electron chi connectivity index (χ4n) is 2.78. The summed E-state index contributed by atoms with van der Waals surface area (Å²) in [5.74, 6) is -0.585. The summed E-state index contributed by atoms with van der Waals surface area (Å²) in [5.41, 5.74) is 0.298. The van der Waals surface area contributed by atoms with Gasteiger partial charge in [0.2, 0.25) is 0 Å². The molecule has 0 aromatic carbocycles. The van der Waals surface area contributed by atoms with Crippen LogP contribution in [0.5, 0.6) is 0 Å². The molecule has 116 valence electrons. The summed E-state index contributed by atoms with van der Waals surface area (Å²) in [6.07, 6.45) is 4.07. The molecule has 0 radical (unpaired) electrons. The summed E-state index contributed by atoms with van der Waals surface area (Å²) >= 11 is 0. The van der Waals surface area contributed by atoms with Gasteiger partial charge in [-0.05, 0) is 37.0 Å². The number of carbonyl (C=O) groups is 2. The van der Waals surface area contributed by atoms with E-state index in [0.717, 1.165) is 32.4 Å². The van der Waals surface area contributed by atoms with Gasteiger partial charge < -0.3 is 15.3 Å². The summed E-state index contributed by atoms with van der Waals surface area (Å²) in [6.45, 7) is 8.58. The highest BCUT2D eigenvalue weighted by molar-refractivity contribution is 5.74. The van der Waals surface area contributed by atoms with Crippen LogP contribution in [-0.2, 0) is 4.79 Å². The van der Waals surface area contributed by atoms with Gasteiger partial charge in [0, 0.05) is 26.1 Å². The van der Waals surface area contributed by atoms with E-state index in [1.165, 1.54) is 0 Å². The second-order valence-corrected chi connectivity index (χ2v) is 6.10. The molecular weight excluding hydrogens is 256 g/mol. The first kappa shape index (κ1) is 16.8. The predicted molar refractivity (Wildman–Crippen MR) is 78.6 cm³/mol. The van der Waals surface area contributed by atoms with E-state index in [9.17, 15) is 9.59 Å². The summed E-state index contributed by atoms with van der Waals surface area (Å²) < 4.78 is 0. The number of aliphatic carboxylic acids is 1. The highest BCUT2D eigenvalue weighted by Gasteiger charge is 2.36. The summed E-state index contributed by atoms with van der Waals surface area (Å²) in [7, 11) is 0. The minimum atomic E-state index is -0.779. The average molecular weight is 284 g/mol. The topological polar surface area (TPSA) is 69.6 Å². The molecule has 1 saturated heterocycles. The number of nitrogens with zero attached hydrogens (tertiary/aromatic N) is 1. The van der Waals surface area contributed by atoms with Gasteiger partial charge in [-0.3, -0.25) is 4.79 Å². The molecular formula is C15H28N2O3. The second-order valence-electron chi connectivity index (χ2n) is 6.10. The van der Waals surface area contributed by atoms with E-state index < -0.39 is 5.97 Å². The number of hydrogen-bond acceptors (Lipinski definition) is 2. The van der Waals surface area contributed by atoms with Gasteiger partial charge >= 0.3 is 12.0 Å². The van der Waals surface area contributed by atoms with Crippen LogP contribution < -0.4 is 5.32 Å². The predicted octanol–water partition coefficient (Wildman–Crippen LogP) is 2.71. The van der Waals surface area contributed by atoms with Crippen molar-refractivity contribution in [2.45, 2.75) is 52.9 Å². The summed E-state index contributed by atoms with van der Waals surface area (Å²) in [4.78, 5) is 24.5. The molecule has 5 nitrogen and oxygen atoms in total. The monoisotopic (exact) mass is 284 g/mol. The van der Waals surface area contributed by atoms with Gasteiger partial charge in [0.05, 0.1) is 0 Å². The van der Waals surface area contributed by atoms with Crippen LogP contribution in [0, 0.1) is 11.3 Å². The quantitative estimate of drug-likeness (QED) is 0.755. The van der Waals surface area contributed by atoms with Crippen LogP contribution in [0.15, 0.2) is 0 Å². The molecule has 0 aromatic rings. The Hall–Kier alpha value is -1.26. The van der Waals surface area contributed by atoms with Gasteiger partial charge in [0.1, 0.15) is 0 Å². The Balaban J connectivity index is 2.32. The molecule has 20 heavy (non-hydrogen) atoms. The minimum absolute atomic E-state index is 0.00375. The molecule has 0 spiro atoms. The number of carboxylic acid groups (broad SMARTS) is 1. The normalized spacial score (nSPS) is 18.9. The van der Waals surface area contributed by atoms with Gasteiger partial charge in [-0.1, -0.05) is 20.8 Å². The first-order chi connectivity index (χ1) is 9.42. The number of nitrogens with one attached hydrogen (secondary N) is 1. The van der Waals surface area contributed by atoms with Crippen molar-refractivity contribution in [2.75, 3.05) is 19.6 Å². The number of urea groups is 1. The zero-order valence-corrected chi connectivity index (χ0v) is 12.9. The zero-order valence-electron chi connectivity index (χ0n) is 12.9. The van der Waals surface area contributed by atoms with E-state index in [0.29, 0.717) is 18.4 Å². The van der Waals surface area contributed by atoms with Gasteiger partial charge in [0.15, 0.2) is 0 Å². The third-order valence-corrected chi connectivity index (χ3v) is 4.68. The second kappa shape index (κ2) is 7.50. The lowest BCUT2D eigenvalue weighted by Crippen LogP contribution is -2.41. The van der Waals surface area contributed by atoms with Crippen molar-refractivity contribution in [1.29, 1.82) is 0 Å². The average Bonchev–Trinajstić information content (AvgIpc) is 2.87. The van der Waals surface area contributed by atoms with Crippen LogP contribution in [0.2, 0.25) is 0 Å². The lowest BCUT2D eigenvalue weighted by atomic mass is 9.82. The van der Waals surface area contributed by atoms with E-state index in [1.54, 1.807) is 0 Å². The lowest BCUT2D eigenvalue weighted by Gasteiger charge is -2.26. The highest BCUT2D eigenvalue weighted by Crippen LogP contribution is 2.36. The number of likely N-dealkylation sites (tertiary alicyclic amines) is 1. The van der Waals surface area contributed by atoms with Crippen LogP contribution in [0.1, 0.15) is 52.9 Å². The fourth-order valence-corrected chi connectivity index (χ4v) is 2.78. The van der Waals surface area contributed by atoms with Crippen molar-refractivity contribution in [3.05, 3.63) is 0 Å². The fraction of sp³-hybridized carbons (Fsp3) is 0.867. The molecule has 0 aliphatic carbocycles. The van der Waals surface area contributed by atoms with Crippen molar-refractivity contribution in [2.24, 2.45) is 11.3 Å². The molecule has 1 aliphatic rings. The number of carbonyl (C=O) groups excluding carboxylic acids is 1. The minimum Gasteiger partial charge on any atom is -0.481 e. The van der Waals surface area contributed by atoms with Crippen LogP contribution in [0.25, 0.3) is 0 Å². The molecule has 1 rings (SSSR count). The van der Waals surface area contributed by atoms with Gasteiger partial charge in [-0.2, -0.15) is 0 Å². The molecule has 1 fully saturated rings.